The Morgan fingerprint density at radius 3 is 2.53 bits per heavy atom. The second-order valence-corrected chi connectivity index (χ2v) is 6.13. The van der Waals surface area contributed by atoms with E-state index in [1.807, 2.05) is 6.92 Å². The fourth-order valence-electron chi connectivity index (χ4n) is 2.55. The number of benzene rings is 1. The minimum atomic E-state index is -0.0105. The van der Waals surface area contributed by atoms with E-state index >= 15 is 0 Å². The highest BCUT2D eigenvalue weighted by Crippen LogP contribution is 2.36. The fraction of sp³-hybridized carbons (Fsp3) is 0.600. The first-order valence-electron chi connectivity index (χ1n) is 6.47. The lowest BCUT2D eigenvalue weighted by molar-refractivity contribution is 0.441. The SMILES string of the molecule is Cc1cc(C2CCCN2)cc(C(C)(C)C)c1O. The van der Waals surface area contributed by atoms with Crippen molar-refractivity contribution in [2.45, 2.75) is 52.0 Å². The molecule has 1 fully saturated rings. The third-order valence-electron chi connectivity index (χ3n) is 3.59. The van der Waals surface area contributed by atoms with Crippen molar-refractivity contribution in [1.29, 1.82) is 0 Å². The first-order valence-corrected chi connectivity index (χ1v) is 6.47. The zero-order chi connectivity index (χ0) is 12.6. The molecular weight excluding hydrogens is 210 g/mol. The molecule has 0 aliphatic carbocycles. The van der Waals surface area contributed by atoms with E-state index in [9.17, 15) is 5.11 Å². The van der Waals surface area contributed by atoms with Gasteiger partial charge in [0.1, 0.15) is 5.75 Å². The summed E-state index contributed by atoms with van der Waals surface area (Å²) in [4.78, 5) is 0. The summed E-state index contributed by atoms with van der Waals surface area (Å²) < 4.78 is 0. The third kappa shape index (κ3) is 2.47. The summed E-state index contributed by atoms with van der Waals surface area (Å²) in [5, 5.41) is 13.7. The van der Waals surface area contributed by atoms with Crippen LogP contribution in [0, 0.1) is 6.92 Å². The van der Waals surface area contributed by atoms with Crippen molar-refractivity contribution in [3.63, 3.8) is 0 Å². The van der Waals surface area contributed by atoms with E-state index in [2.05, 4.69) is 38.2 Å². The number of nitrogens with one attached hydrogen (secondary N) is 1. The van der Waals surface area contributed by atoms with E-state index in [0.29, 0.717) is 11.8 Å². The van der Waals surface area contributed by atoms with Gasteiger partial charge in [0.05, 0.1) is 0 Å². The zero-order valence-electron chi connectivity index (χ0n) is 11.3. The summed E-state index contributed by atoms with van der Waals surface area (Å²) in [5.74, 6) is 0.458. The third-order valence-corrected chi connectivity index (χ3v) is 3.59. The highest BCUT2D eigenvalue weighted by Gasteiger charge is 2.23. The van der Waals surface area contributed by atoms with Crippen LogP contribution in [0.4, 0.5) is 0 Å². The average Bonchev–Trinajstić information content (AvgIpc) is 2.73. The van der Waals surface area contributed by atoms with Crippen molar-refractivity contribution in [3.05, 3.63) is 28.8 Å². The molecule has 2 heteroatoms. The van der Waals surface area contributed by atoms with Crippen molar-refractivity contribution in [2.75, 3.05) is 6.54 Å². The summed E-state index contributed by atoms with van der Waals surface area (Å²) >= 11 is 0. The van der Waals surface area contributed by atoms with Gasteiger partial charge in [-0.25, -0.2) is 0 Å². The Balaban J connectivity index is 2.45. The van der Waals surface area contributed by atoms with Gasteiger partial charge in [-0.15, -0.1) is 0 Å². The lowest BCUT2D eigenvalue weighted by Crippen LogP contribution is -2.16. The van der Waals surface area contributed by atoms with Crippen LogP contribution in [0.2, 0.25) is 0 Å². The number of hydrogen-bond acceptors (Lipinski definition) is 2. The van der Waals surface area contributed by atoms with Gasteiger partial charge in [-0.3, -0.25) is 0 Å². The molecule has 1 aliphatic rings. The standard InChI is InChI=1S/C15H23NO/c1-10-8-11(13-6-5-7-16-13)9-12(14(10)17)15(2,3)4/h8-9,13,16-17H,5-7H2,1-4H3. The fourth-order valence-corrected chi connectivity index (χ4v) is 2.55. The average molecular weight is 233 g/mol. The van der Waals surface area contributed by atoms with Crippen molar-refractivity contribution in [2.24, 2.45) is 0 Å². The molecular formula is C15H23NO. The molecule has 2 N–H and O–H groups in total. The van der Waals surface area contributed by atoms with E-state index in [1.165, 1.54) is 18.4 Å². The number of rotatable bonds is 1. The van der Waals surface area contributed by atoms with Gasteiger partial charge in [0, 0.05) is 6.04 Å². The summed E-state index contributed by atoms with van der Waals surface area (Å²) in [5.41, 5.74) is 3.36. The smallest absolute Gasteiger partial charge is 0.122 e. The number of aryl methyl sites for hydroxylation is 1. The van der Waals surface area contributed by atoms with E-state index in [-0.39, 0.29) is 5.41 Å². The van der Waals surface area contributed by atoms with Crippen molar-refractivity contribution in [3.8, 4) is 5.75 Å². The highest BCUT2D eigenvalue weighted by molar-refractivity contribution is 5.47. The number of phenolic OH excluding ortho intramolecular Hbond substituents is 1. The Labute approximate surface area is 104 Å². The van der Waals surface area contributed by atoms with Crippen LogP contribution in [0.15, 0.2) is 12.1 Å². The quantitative estimate of drug-likeness (QED) is 0.779. The second kappa shape index (κ2) is 4.34. The van der Waals surface area contributed by atoms with Crippen molar-refractivity contribution >= 4 is 0 Å². The molecule has 1 aromatic rings. The molecule has 1 saturated heterocycles. The molecule has 2 nitrogen and oxygen atoms in total. The van der Waals surface area contributed by atoms with Crippen LogP contribution in [-0.4, -0.2) is 11.7 Å². The maximum atomic E-state index is 10.2. The molecule has 0 radical (unpaired) electrons. The number of hydrogen-bond donors (Lipinski definition) is 2. The van der Waals surface area contributed by atoms with Gasteiger partial charge in [-0.2, -0.15) is 0 Å². The van der Waals surface area contributed by atoms with Crippen LogP contribution in [0.3, 0.4) is 0 Å². The van der Waals surface area contributed by atoms with E-state index in [0.717, 1.165) is 17.7 Å². The molecule has 0 aromatic heterocycles. The number of phenols is 1. The molecule has 1 unspecified atom stereocenters. The summed E-state index contributed by atoms with van der Waals surface area (Å²) in [7, 11) is 0. The maximum absolute atomic E-state index is 10.2. The summed E-state index contributed by atoms with van der Waals surface area (Å²) in [6.45, 7) is 9.53. The Kier molecular flexibility index (Phi) is 3.17. The Bertz CT molecular complexity index is 412. The lowest BCUT2D eigenvalue weighted by Gasteiger charge is -2.24. The molecule has 0 bridgehead atoms. The Hall–Kier alpha value is -1.02. The molecule has 1 aromatic carbocycles. The van der Waals surface area contributed by atoms with Gasteiger partial charge in [-0.1, -0.05) is 26.8 Å². The second-order valence-electron chi connectivity index (χ2n) is 6.13. The molecule has 94 valence electrons. The first kappa shape index (κ1) is 12.4. The van der Waals surface area contributed by atoms with Crippen molar-refractivity contribution in [1.82, 2.24) is 5.32 Å². The molecule has 0 saturated carbocycles. The largest absolute Gasteiger partial charge is 0.507 e. The molecule has 1 atom stereocenters. The molecule has 0 spiro atoms. The molecule has 0 amide bonds. The van der Waals surface area contributed by atoms with Gasteiger partial charge < -0.3 is 10.4 Å². The first-order chi connectivity index (χ1) is 7.89. The van der Waals surface area contributed by atoms with E-state index in [1.54, 1.807) is 0 Å². The van der Waals surface area contributed by atoms with Crippen LogP contribution < -0.4 is 5.32 Å². The van der Waals surface area contributed by atoms with Gasteiger partial charge in [0.2, 0.25) is 0 Å². The van der Waals surface area contributed by atoms with E-state index < -0.39 is 0 Å². The Morgan fingerprint density at radius 1 is 1.29 bits per heavy atom. The maximum Gasteiger partial charge on any atom is 0.122 e. The summed E-state index contributed by atoms with van der Waals surface area (Å²) in [6, 6.07) is 4.76. The molecule has 2 rings (SSSR count). The minimum absolute atomic E-state index is 0.0105. The van der Waals surface area contributed by atoms with E-state index in [4.69, 9.17) is 0 Å². The van der Waals surface area contributed by atoms with Crippen LogP contribution in [0.25, 0.3) is 0 Å². The van der Waals surface area contributed by atoms with Crippen LogP contribution in [0.1, 0.15) is 56.3 Å². The highest BCUT2D eigenvalue weighted by atomic mass is 16.3. The predicted octanol–water partition coefficient (Wildman–Crippen LogP) is 3.42. The predicted molar refractivity (Wildman–Crippen MR) is 71.5 cm³/mol. The van der Waals surface area contributed by atoms with Gasteiger partial charge >= 0.3 is 0 Å². The van der Waals surface area contributed by atoms with Crippen molar-refractivity contribution < 1.29 is 5.11 Å². The van der Waals surface area contributed by atoms with Gasteiger partial charge in [0.15, 0.2) is 0 Å². The molecule has 17 heavy (non-hydrogen) atoms. The van der Waals surface area contributed by atoms with Crippen LogP contribution in [-0.2, 0) is 5.41 Å². The minimum Gasteiger partial charge on any atom is -0.507 e. The monoisotopic (exact) mass is 233 g/mol. The summed E-state index contributed by atoms with van der Waals surface area (Å²) in [6.07, 6.45) is 2.45. The van der Waals surface area contributed by atoms with Gasteiger partial charge in [0.25, 0.3) is 0 Å². The molecule has 1 aliphatic heterocycles. The van der Waals surface area contributed by atoms with Gasteiger partial charge in [-0.05, 0) is 54.5 Å². The normalized spacial score (nSPS) is 20.8. The topological polar surface area (TPSA) is 32.3 Å². The lowest BCUT2D eigenvalue weighted by atomic mass is 9.83. The molecule has 1 heterocycles. The zero-order valence-corrected chi connectivity index (χ0v) is 11.3. The van der Waals surface area contributed by atoms with Crippen LogP contribution in [0.5, 0.6) is 5.75 Å². The van der Waals surface area contributed by atoms with Crippen LogP contribution >= 0.6 is 0 Å². The number of aromatic hydroxyl groups is 1. The Morgan fingerprint density at radius 2 is 2.00 bits per heavy atom.